The standard InChI is InChI=1S/C22H28N2O2/c1-2-3-4-5-9-12-21(25)24-20-15-13-19(14-16-20)22(26)23-17-18-10-7-6-8-11-18/h6-8,10-11,13-16H,2-5,9,12,17H2,1H3,(H,23,26)(H,24,25). The number of amides is 2. The van der Waals surface area contributed by atoms with Gasteiger partial charge in [0.15, 0.2) is 0 Å². The van der Waals surface area contributed by atoms with Crippen LogP contribution in [0.5, 0.6) is 0 Å². The van der Waals surface area contributed by atoms with E-state index in [-0.39, 0.29) is 11.8 Å². The molecule has 2 aromatic rings. The summed E-state index contributed by atoms with van der Waals surface area (Å²) in [5.41, 5.74) is 2.37. The Morgan fingerprint density at radius 2 is 1.54 bits per heavy atom. The number of carbonyl (C=O) groups is 2. The smallest absolute Gasteiger partial charge is 0.251 e. The molecule has 4 nitrogen and oxygen atoms in total. The Balaban J connectivity index is 1.74. The number of hydrogen-bond donors (Lipinski definition) is 2. The van der Waals surface area contributed by atoms with E-state index in [1.54, 1.807) is 24.3 Å². The monoisotopic (exact) mass is 352 g/mol. The lowest BCUT2D eigenvalue weighted by atomic mass is 10.1. The Bertz CT molecular complexity index is 681. The van der Waals surface area contributed by atoms with E-state index in [1.165, 1.54) is 19.3 Å². The van der Waals surface area contributed by atoms with E-state index < -0.39 is 0 Å². The summed E-state index contributed by atoms with van der Waals surface area (Å²) in [6, 6.07) is 16.8. The summed E-state index contributed by atoms with van der Waals surface area (Å²) >= 11 is 0. The van der Waals surface area contributed by atoms with Gasteiger partial charge in [0.05, 0.1) is 0 Å². The van der Waals surface area contributed by atoms with Crippen molar-refractivity contribution in [3.8, 4) is 0 Å². The minimum atomic E-state index is -0.123. The lowest BCUT2D eigenvalue weighted by Crippen LogP contribution is -2.22. The van der Waals surface area contributed by atoms with E-state index in [9.17, 15) is 9.59 Å². The largest absolute Gasteiger partial charge is 0.348 e. The van der Waals surface area contributed by atoms with Crippen LogP contribution in [-0.2, 0) is 11.3 Å². The average molecular weight is 352 g/mol. The van der Waals surface area contributed by atoms with Gasteiger partial charge in [-0.05, 0) is 36.2 Å². The van der Waals surface area contributed by atoms with Crippen molar-refractivity contribution in [3.05, 3.63) is 65.7 Å². The van der Waals surface area contributed by atoms with Crippen LogP contribution in [0, 0.1) is 0 Å². The quantitative estimate of drug-likeness (QED) is 0.597. The van der Waals surface area contributed by atoms with Crippen molar-refractivity contribution in [2.45, 2.75) is 52.0 Å². The van der Waals surface area contributed by atoms with Gasteiger partial charge in [-0.25, -0.2) is 0 Å². The second-order valence-electron chi connectivity index (χ2n) is 6.46. The summed E-state index contributed by atoms with van der Waals surface area (Å²) in [5, 5.41) is 5.78. The molecule has 0 aliphatic rings. The average Bonchev–Trinajstić information content (AvgIpc) is 2.67. The van der Waals surface area contributed by atoms with Crippen LogP contribution >= 0.6 is 0 Å². The summed E-state index contributed by atoms with van der Waals surface area (Å²) in [5.74, 6) is -0.0922. The summed E-state index contributed by atoms with van der Waals surface area (Å²) in [6.07, 6.45) is 6.19. The molecule has 0 fully saturated rings. The second kappa shape index (κ2) is 11.1. The molecule has 2 aromatic carbocycles. The summed E-state index contributed by atoms with van der Waals surface area (Å²) < 4.78 is 0. The van der Waals surface area contributed by atoms with Gasteiger partial charge in [0.2, 0.25) is 5.91 Å². The number of carbonyl (C=O) groups excluding carboxylic acids is 2. The third kappa shape index (κ3) is 7.09. The molecule has 4 heteroatoms. The molecule has 0 aromatic heterocycles. The fourth-order valence-electron chi connectivity index (χ4n) is 2.70. The number of nitrogens with one attached hydrogen (secondary N) is 2. The van der Waals surface area contributed by atoms with Crippen molar-refractivity contribution in [2.75, 3.05) is 5.32 Å². The van der Waals surface area contributed by atoms with Crippen molar-refractivity contribution < 1.29 is 9.59 Å². The van der Waals surface area contributed by atoms with Crippen LogP contribution in [0.25, 0.3) is 0 Å². The van der Waals surface area contributed by atoms with Gasteiger partial charge in [0, 0.05) is 24.2 Å². The van der Waals surface area contributed by atoms with Gasteiger partial charge in [-0.2, -0.15) is 0 Å². The summed E-state index contributed by atoms with van der Waals surface area (Å²) in [7, 11) is 0. The molecular formula is C22H28N2O2. The molecule has 2 N–H and O–H groups in total. The Labute approximate surface area is 156 Å². The first-order chi connectivity index (χ1) is 12.7. The first-order valence-electron chi connectivity index (χ1n) is 9.41. The van der Waals surface area contributed by atoms with Crippen LogP contribution in [-0.4, -0.2) is 11.8 Å². The van der Waals surface area contributed by atoms with E-state index >= 15 is 0 Å². The van der Waals surface area contributed by atoms with Crippen LogP contribution < -0.4 is 10.6 Å². The molecule has 26 heavy (non-hydrogen) atoms. The molecule has 0 unspecified atom stereocenters. The molecule has 0 radical (unpaired) electrons. The molecule has 0 aliphatic heterocycles. The lowest BCUT2D eigenvalue weighted by Gasteiger charge is -2.08. The first kappa shape index (κ1) is 19.7. The van der Waals surface area contributed by atoms with Crippen molar-refractivity contribution in [3.63, 3.8) is 0 Å². The van der Waals surface area contributed by atoms with Crippen LogP contribution in [0.3, 0.4) is 0 Å². The van der Waals surface area contributed by atoms with Crippen molar-refractivity contribution in [2.24, 2.45) is 0 Å². The van der Waals surface area contributed by atoms with Gasteiger partial charge < -0.3 is 10.6 Å². The molecule has 0 atom stereocenters. The van der Waals surface area contributed by atoms with Gasteiger partial charge in [0.1, 0.15) is 0 Å². The molecule has 0 saturated carbocycles. The lowest BCUT2D eigenvalue weighted by molar-refractivity contribution is -0.116. The summed E-state index contributed by atoms with van der Waals surface area (Å²) in [6.45, 7) is 2.68. The van der Waals surface area contributed by atoms with Crippen LogP contribution in [0.2, 0.25) is 0 Å². The van der Waals surface area contributed by atoms with Gasteiger partial charge >= 0.3 is 0 Å². The van der Waals surface area contributed by atoms with E-state index in [1.807, 2.05) is 30.3 Å². The van der Waals surface area contributed by atoms with Gasteiger partial charge in [-0.15, -0.1) is 0 Å². The fourth-order valence-corrected chi connectivity index (χ4v) is 2.70. The minimum absolute atomic E-state index is 0.0303. The predicted molar refractivity (Wildman–Crippen MR) is 106 cm³/mol. The normalized spacial score (nSPS) is 10.3. The minimum Gasteiger partial charge on any atom is -0.348 e. The Hall–Kier alpha value is -2.62. The van der Waals surface area contributed by atoms with E-state index in [2.05, 4.69) is 17.6 Å². The van der Waals surface area contributed by atoms with E-state index in [4.69, 9.17) is 0 Å². The summed E-state index contributed by atoms with van der Waals surface area (Å²) in [4.78, 5) is 24.1. The number of rotatable bonds is 10. The maximum atomic E-state index is 12.2. The van der Waals surface area contributed by atoms with Gasteiger partial charge in [-0.3, -0.25) is 9.59 Å². The zero-order valence-electron chi connectivity index (χ0n) is 15.5. The Kier molecular flexibility index (Phi) is 8.40. The number of unbranched alkanes of at least 4 members (excludes halogenated alkanes) is 4. The highest BCUT2D eigenvalue weighted by atomic mass is 16.2. The zero-order valence-corrected chi connectivity index (χ0v) is 15.5. The fraction of sp³-hybridized carbons (Fsp3) is 0.364. The zero-order chi connectivity index (χ0) is 18.6. The first-order valence-corrected chi connectivity index (χ1v) is 9.41. The maximum absolute atomic E-state index is 12.2. The second-order valence-corrected chi connectivity index (χ2v) is 6.46. The van der Waals surface area contributed by atoms with E-state index in [0.29, 0.717) is 18.5 Å². The van der Waals surface area contributed by atoms with Crippen molar-refractivity contribution in [1.29, 1.82) is 0 Å². The van der Waals surface area contributed by atoms with Crippen LogP contribution in [0.4, 0.5) is 5.69 Å². The highest BCUT2D eigenvalue weighted by molar-refractivity contribution is 5.95. The molecule has 0 heterocycles. The number of anilines is 1. The molecule has 2 amide bonds. The van der Waals surface area contributed by atoms with E-state index in [0.717, 1.165) is 24.1 Å². The molecule has 0 saturated heterocycles. The topological polar surface area (TPSA) is 58.2 Å². The number of benzene rings is 2. The third-order valence-electron chi connectivity index (χ3n) is 4.23. The molecule has 0 spiro atoms. The highest BCUT2D eigenvalue weighted by Crippen LogP contribution is 2.12. The SMILES string of the molecule is CCCCCCCC(=O)Nc1ccc(C(=O)NCc2ccccc2)cc1. The Morgan fingerprint density at radius 3 is 2.23 bits per heavy atom. The van der Waals surface area contributed by atoms with Crippen molar-refractivity contribution >= 4 is 17.5 Å². The molecule has 0 bridgehead atoms. The number of hydrogen-bond acceptors (Lipinski definition) is 2. The molecule has 2 rings (SSSR count). The van der Waals surface area contributed by atoms with Gasteiger partial charge in [-0.1, -0.05) is 62.9 Å². The van der Waals surface area contributed by atoms with Crippen molar-refractivity contribution in [1.82, 2.24) is 5.32 Å². The maximum Gasteiger partial charge on any atom is 0.251 e. The molecular weight excluding hydrogens is 324 g/mol. The molecule has 138 valence electrons. The third-order valence-corrected chi connectivity index (χ3v) is 4.23. The molecule has 0 aliphatic carbocycles. The van der Waals surface area contributed by atoms with Crippen LogP contribution in [0.1, 0.15) is 61.4 Å². The van der Waals surface area contributed by atoms with Gasteiger partial charge in [0.25, 0.3) is 5.91 Å². The van der Waals surface area contributed by atoms with Crippen LogP contribution in [0.15, 0.2) is 54.6 Å². The highest BCUT2D eigenvalue weighted by Gasteiger charge is 2.07. The predicted octanol–water partition coefficient (Wildman–Crippen LogP) is 4.92. The Morgan fingerprint density at radius 1 is 0.846 bits per heavy atom.